The van der Waals surface area contributed by atoms with Crippen LogP contribution in [0.1, 0.15) is 67.9 Å². The van der Waals surface area contributed by atoms with Crippen LogP contribution in [0.2, 0.25) is 0 Å². The number of halogens is 2. The predicted molar refractivity (Wildman–Crippen MR) is 148 cm³/mol. The maximum atomic E-state index is 13.8. The molecule has 2 aromatic heterocycles. The van der Waals surface area contributed by atoms with Crippen LogP contribution in [0.5, 0.6) is 0 Å². The molecular weight excluding hydrogens is 695 g/mol. The van der Waals surface area contributed by atoms with Gasteiger partial charge in [0.2, 0.25) is 12.3 Å². The SMILES string of the molecule is [CH2-]/C(=N/OC)NC=O.[CH2-]CN([CH2-])C(=O)c1c(CCCCCCC#CC2CC(C)(F)C2)n(C)c2ncc(F)cc12.[Os]. The number of alkyl halides is 1. The molecule has 0 atom stereocenters. The maximum Gasteiger partial charge on any atom is 0.225 e. The Labute approximate surface area is 249 Å². The summed E-state index contributed by atoms with van der Waals surface area (Å²) in [6.45, 7) is 8.89. The van der Waals surface area contributed by atoms with Crippen LogP contribution in [0, 0.1) is 44.5 Å². The van der Waals surface area contributed by atoms with Crippen molar-refractivity contribution in [1.29, 1.82) is 0 Å². The number of carbonyl (C=O) groups is 2. The number of amidine groups is 1. The average Bonchev–Trinajstić information content (AvgIpc) is 3.14. The fourth-order valence-electron chi connectivity index (χ4n) is 4.48. The van der Waals surface area contributed by atoms with Crippen LogP contribution in [0.4, 0.5) is 8.78 Å². The van der Waals surface area contributed by atoms with E-state index in [-0.39, 0.29) is 44.0 Å². The topological polar surface area (TPSA) is 88.8 Å². The molecule has 1 saturated carbocycles. The molecule has 3 rings (SSSR count). The summed E-state index contributed by atoms with van der Waals surface area (Å²) in [5.41, 5.74) is 0.891. The van der Waals surface area contributed by atoms with E-state index in [4.69, 9.17) is 0 Å². The van der Waals surface area contributed by atoms with Crippen LogP contribution in [0.3, 0.4) is 0 Å². The monoisotopic (exact) mass is 734 g/mol. The van der Waals surface area contributed by atoms with Gasteiger partial charge in [0.15, 0.2) is 0 Å². The zero-order valence-corrected chi connectivity index (χ0v) is 26.0. The zero-order chi connectivity index (χ0) is 29.0. The third-order valence-corrected chi connectivity index (χ3v) is 6.43. The third kappa shape index (κ3) is 10.2. The Balaban J connectivity index is 0.000000777. The number of amides is 2. The number of rotatable bonds is 10. The number of aryl methyl sites for hydroxylation is 1. The molecule has 0 unspecified atom stereocenters. The van der Waals surface area contributed by atoms with Crippen LogP contribution in [-0.2, 0) is 42.9 Å². The van der Waals surface area contributed by atoms with Crippen molar-refractivity contribution in [3.8, 4) is 11.8 Å². The minimum Gasteiger partial charge on any atom is -0.517 e. The van der Waals surface area contributed by atoms with E-state index in [1.807, 2.05) is 11.6 Å². The second kappa shape index (κ2) is 17.0. The van der Waals surface area contributed by atoms with Gasteiger partial charge in [-0.1, -0.05) is 18.8 Å². The first-order chi connectivity index (χ1) is 18.5. The van der Waals surface area contributed by atoms with Crippen LogP contribution in [-0.4, -0.2) is 51.9 Å². The van der Waals surface area contributed by atoms with Gasteiger partial charge in [0.1, 0.15) is 24.2 Å². The average molecular weight is 733 g/mol. The van der Waals surface area contributed by atoms with Crippen LogP contribution in [0.25, 0.3) is 11.0 Å². The molecule has 2 heterocycles. The molecule has 1 aliphatic carbocycles. The molecule has 0 aromatic carbocycles. The number of unbranched alkanes of at least 4 members (excludes halogenated alkanes) is 4. The summed E-state index contributed by atoms with van der Waals surface area (Å²) in [5.74, 6) is 6.04. The Bertz CT molecular complexity index is 1210. The Morgan fingerprint density at radius 2 is 2.05 bits per heavy atom. The van der Waals surface area contributed by atoms with Gasteiger partial charge in [-0.2, -0.15) is 0 Å². The van der Waals surface area contributed by atoms with Crippen molar-refractivity contribution in [3.63, 3.8) is 0 Å². The van der Waals surface area contributed by atoms with Gasteiger partial charge in [0.05, 0.1) is 11.8 Å². The molecule has 40 heavy (non-hydrogen) atoms. The number of aromatic nitrogens is 2. The maximum absolute atomic E-state index is 13.8. The molecule has 0 spiro atoms. The van der Waals surface area contributed by atoms with Crippen molar-refractivity contribution >= 4 is 29.2 Å². The molecule has 8 nitrogen and oxygen atoms in total. The molecule has 222 valence electrons. The van der Waals surface area contributed by atoms with Gasteiger partial charge in [-0.3, -0.25) is 16.6 Å². The number of oxime groups is 1. The van der Waals surface area contributed by atoms with Crippen LogP contribution in [0.15, 0.2) is 17.4 Å². The largest absolute Gasteiger partial charge is 0.517 e. The third-order valence-electron chi connectivity index (χ3n) is 6.43. The first kappa shape index (κ1) is 35.1. The summed E-state index contributed by atoms with van der Waals surface area (Å²) < 4.78 is 29.1. The van der Waals surface area contributed by atoms with Crippen molar-refractivity contribution < 1.29 is 43.0 Å². The van der Waals surface area contributed by atoms with E-state index in [9.17, 15) is 18.4 Å². The Morgan fingerprint density at radius 3 is 2.65 bits per heavy atom. The molecule has 0 bridgehead atoms. The van der Waals surface area contributed by atoms with Crippen molar-refractivity contribution in [2.75, 3.05) is 13.7 Å². The fourth-order valence-corrected chi connectivity index (χ4v) is 4.48. The van der Waals surface area contributed by atoms with Gasteiger partial charge in [-0.25, -0.2) is 13.8 Å². The molecule has 1 fully saturated rings. The number of nitrogens with zero attached hydrogens (tertiary/aromatic N) is 4. The van der Waals surface area contributed by atoms with Crippen molar-refractivity contribution in [2.24, 2.45) is 18.1 Å². The van der Waals surface area contributed by atoms with E-state index in [2.05, 4.69) is 53.0 Å². The molecule has 1 aliphatic rings. The summed E-state index contributed by atoms with van der Waals surface area (Å²) in [5, 5.41) is 5.97. The number of fused-ring (bicyclic) bond motifs is 1. The van der Waals surface area contributed by atoms with E-state index in [1.54, 1.807) is 6.92 Å². The van der Waals surface area contributed by atoms with Crippen LogP contribution < -0.4 is 5.32 Å². The zero-order valence-electron chi connectivity index (χ0n) is 23.4. The second-order valence-electron chi connectivity index (χ2n) is 9.71. The number of pyridine rings is 1. The molecule has 0 aliphatic heterocycles. The first-order valence-corrected chi connectivity index (χ1v) is 12.9. The van der Waals surface area contributed by atoms with E-state index in [0.717, 1.165) is 37.8 Å². The summed E-state index contributed by atoms with van der Waals surface area (Å²) in [6.07, 6.45) is 8.26. The van der Waals surface area contributed by atoms with Crippen LogP contribution >= 0.6 is 0 Å². The standard InChI is InChI=1S/C25H31F2N3O.C4H7N2O2.Os/c1-5-29(3)24(31)22-20-14-19(26)17-28-23(20)30(4)21(22)13-11-9-7-6-8-10-12-18-15-25(2,27)16-18;1-4(5-3-7)6-8-2;/h14,17-18H,1,3,5-9,11,13,15-16H2,2,4H3;3H,1H2,2H3,(H,5,6,7);/q-2;-1;. The number of hydrogen-bond acceptors (Lipinski definition) is 5. The molecule has 2 amide bonds. The number of nitrogens with one attached hydrogen (secondary N) is 1. The quantitative estimate of drug-likeness (QED) is 0.0714. The van der Waals surface area contributed by atoms with Gasteiger partial charge in [0, 0.05) is 56.1 Å². The van der Waals surface area contributed by atoms with E-state index in [1.165, 1.54) is 24.3 Å². The summed E-state index contributed by atoms with van der Waals surface area (Å²) in [6, 6.07) is 1.36. The molecule has 0 radical (unpaired) electrons. The predicted octanol–water partition coefficient (Wildman–Crippen LogP) is 4.94. The summed E-state index contributed by atoms with van der Waals surface area (Å²) in [4.78, 5) is 32.2. The fraction of sp³-hybridized carbons (Fsp3) is 0.483. The Morgan fingerprint density at radius 1 is 1.38 bits per heavy atom. The van der Waals surface area contributed by atoms with Gasteiger partial charge >= 0.3 is 0 Å². The van der Waals surface area contributed by atoms with E-state index >= 15 is 0 Å². The summed E-state index contributed by atoms with van der Waals surface area (Å²) in [7, 11) is 6.97. The molecular formula is C29H38F2N5O3Os-3. The second-order valence-corrected chi connectivity index (χ2v) is 9.71. The Kier molecular flexibility index (Phi) is 14.9. The van der Waals surface area contributed by atoms with Crippen molar-refractivity contribution in [2.45, 2.75) is 64.0 Å². The normalized spacial score (nSPS) is 17.8. The van der Waals surface area contributed by atoms with Gasteiger partial charge < -0.3 is 33.5 Å². The number of hydrogen-bond donors (Lipinski definition) is 1. The molecule has 11 heteroatoms. The van der Waals surface area contributed by atoms with Crippen molar-refractivity contribution in [3.05, 3.63) is 50.2 Å². The molecule has 2 aromatic rings. The summed E-state index contributed by atoms with van der Waals surface area (Å²) >= 11 is 0. The molecule has 0 saturated heterocycles. The van der Waals surface area contributed by atoms with Gasteiger partial charge in [-0.15, -0.1) is 17.6 Å². The van der Waals surface area contributed by atoms with Gasteiger partial charge in [-0.05, 0) is 45.1 Å². The smallest absolute Gasteiger partial charge is 0.225 e. The van der Waals surface area contributed by atoms with E-state index in [0.29, 0.717) is 42.3 Å². The Hall–Kier alpha value is -2.97. The first-order valence-electron chi connectivity index (χ1n) is 12.9. The minimum absolute atomic E-state index is 0. The minimum atomic E-state index is -1.01. The van der Waals surface area contributed by atoms with Crippen molar-refractivity contribution in [1.82, 2.24) is 19.8 Å². The number of carbonyl (C=O) groups excluding carboxylic acids is 2. The van der Waals surface area contributed by atoms with Gasteiger partial charge in [0.25, 0.3) is 0 Å². The van der Waals surface area contributed by atoms with E-state index < -0.39 is 11.5 Å². The molecule has 1 N–H and O–H groups in total.